The number of nitrogens with zero attached hydrogens (tertiary/aromatic N) is 6. The molecule has 30 heavy (non-hydrogen) atoms. The largest absolute Gasteiger partial charge is 0.352 e. The van der Waals surface area contributed by atoms with Crippen LogP contribution in [-0.4, -0.2) is 58.9 Å². The predicted molar refractivity (Wildman–Crippen MR) is 111 cm³/mol. The van der Waals surface area contributed by atoms with Crippen LogP contribution in [0.3, 0.4) is 0 Å². The quantitative estimate of drug-likeness (QED) is 0.631. The van der Waals surface area contributed by atoms with Crippen LogP contribution < -0.4 is 4.90 Å². The van der Waals surface area contributed by atoms with Crippen molar-refractivity contribution in [2.75, 3.05) is 31.1 Å². The van der Waals surface area contributed by atoms with E-state index in [1.165, 1.54) is 22.5 Å². The first-order chi connectivity index (χ1) is 14.3. The van der Waals surface area contributed by atoms with E-state index in [1.54, 1.807) is 11.6 Å². The van der Waals surface area contributed by atoms with Gasteiger partial charge in [-0.15, -0.1) is 10.2 Å². The Morgan fingerprint density at radius 2 is 1.57 bits per heavy atom. The van der Waals surface area contributed by atoms with E-state index < -0.39 is 15.8 Å². The van der Waals surface area contributed by atoms with Gasteiger partial charge >= 0.3 is 0 Å². The second kappa shape index (κ2) is 7.77. The lowest BCUT2D eigenvalue weighted by atomic mass is 10.2. The maximum Gasteiger partial charge on any atom is 0.243 e. The Kier molecular flexibility index (Phi) is 5.29. The summed E-state index contributed by atoms with van der Waals surface area (Å²) in [5.74, 6) is 0.881. The van der Waals surface area contributed by atoms with E-state index in [0.717, 1.165) is 11.4 Å². The third-order valence-corrected chi connectivity index (χ3v) is 7.24. The number of anilines is 1. The molecule has 0 aliphatic carbocycles. The number of benzene rings is 1. The maximum absolute atomic E-state index is 13.3. The Hall–Kier alpha value is -2.85. The first-order valence-electron chi connectivity index (χ1n) is 9.64. The number of halogens is 1. The first kappa shape index (κ1) is 20.4. The van der Waals surface area contributed by atoms with Gasteiger partial charge in [0.25, 0.3) is 0 Å². The van der Waals surface area contributed by atoms with Crippen LogP contribution in [0.1, 0.15) is 17.0 Å². The van der Waals surface area contributed by atoms with Gasteiger partial charge in [-0.05, 0) is 62.7 Å². The molecule has 0 N–H and O–H groups in total. The highest BCUT2D eigenvalue weighted by molar-refractivity contribution is 7.89. The second-order valence-corrected chi connectivity index (χ2v) is 9.30. The smallest absolute Gasteiger partial charge is 0.243 e. The van der Waals surface area contributed by atoms with Crippen molar-refractivity contribution in [1.82, 2.24) is 24.3 Å². The number of rotatable bonds is 4. The van der Waals surface area contributed by atoms with Gasteiger partial charge < -0.3 is 4.90 Å². The molecule has 0 amide bonds. The molecule has 2 aromatic heterocycles. The molecule has 0 bridgehead atoms. The fraction of sp³-hybridized carbons (Fsp3) is 0.350. The molecule has 0 saturated carbocycles. The van der Waals surface area contributed by atoms with Crippen LogP contribution in [0.2, 0.25) is 0 Å². The fourth-order valence-corrected chi connectivity index (χ4v) is 5.29. The van der Waals surface area contributed by atoms with Crippen LogP contribution in [0.25, 0.3) is 5.82 Å². The zero-order chi connectivity index (χ0) is 21.5. The molecule has 0 unspecified atom stereocenters. The van der Waals surface area contributed by atoms with Crippen LogP contribution in [0.5, 0.6) is 0 Å². The van der Waals surface area contributed by atoms with Gasteiger partial charge in [0, 0.05) is 31.9 Å². The molecule has 10 heteroatoms. The van der Waals surface area contributed by atoms with Crippen LogP contribution in [0, 0.1) is 26.6 Å². The lowest BCUT2D eigenvalue weighted by Crippen LogP contribution is -2.49. The molecule has 1 aliphatic rings. The van der Waals surface area contributed by atoms with E-state index in [2.05, 4.69) is 15.3 Å². The van der Waals surface area contributed by atoms with Gasteiger partial charge in [-0.25, -0.2) is 17.5 Å². The molecule has 0 radical (unpaired) electrons. The summed E-state index contributed by atoms with van der Waals surface area (Å²) >= 11 is 0. The minimum atomic E-state index is -3.67. The fourth-order valence-electron chi connectivity index (χ4n) is 3.66. The summed E-state index contributed by atoms with van der Waals surface area (Å²) in [5.41, 5.74) is 2.29. The second-order valence-electron chi connectivity index (χ2n) is 7.39. The highest BCUT2D eigenvalue weighted by Crippen LogP contribution is 2.23. The standard InChI is InChI=1S/C20H23FN6O2S/c1-14-12-17(21)4-5-18(14)30(28,29)26-10-8-25(9-11-26)19-6-7-20(23-22-19)27-16(3)13-15(2)24-27/h4-7,12-13H,8-11H2,1-3H3. The van der Waals surface area contributed by atoms with Crippen molar-refractivity contribution in [2.45, 2.75) is 25.7 Å². The van der Waals surface area contributed by atoms with E-state index in [4.69, 9.17) is 0 Å². The highest BCUT2D eigenvalue weighted by atomic mass is 32.2. The van der Waals surface area contributed by atoms with Crippen LogP contribution in [0.15, 0.2) is 41.3 Å². The van der Waals surface area contributed by atoms with Crippen molar-refractivity contribution in [3.05, 3.63) is 59.2 Å². The molecule has 0 atom stereocenters. The van der Waals surface area contributed by atoms with Crippen LogP contribution >= 0.6 is 0 Å². The van der Waals surface area contributed by atoms with Crippen molar-refractivity contribution in [2.24, 2.45) is 0 Å². The summed E-state index contributed by atoms with van der Waals surface area (Å²) in [6.45, 7) is 7.11. The lowest BCUT2D eigenvalue weighted by Gasteiger charge is -2.34. The molecule has 158 valence electrons. The summed E-state index contributed by atoms with van der Waals surface area (Å²) in [6.07, 6.45) is 0. The van der Waals surface area contributed by atoms with Gasteiger partial charge in [0.2, 0.25) is 10.0 Å². The Bertz CT molecular complexity index is 1170. The summed E-state index contributed by atoms with van der Waals surface area (Å²) in [6, 6.07) is 9.44. The SMILES string of the molecule is Cc1cc(C)n(-c2ccc(N3CCN(S(=O)(=O)c4ccc(F)cc4C)CC3)nn2)n1. The average Bonchev–Trinajstić information content (AvgIpc) is 3.06. The number of aromatic nitrogens is 4. The minimum absolute atomic E-state index is 0.145. The van der Waals surface area contributed by atoms with Gasteiger partial charge in [-0.2, -0.15) is 9.40 Å². The van der Waals surface area contributed by atoms with E-state index in [9.17, 15) is 12.8 Å². The molecule has 4 rings (SSSR count). The number of hydrogen-bond donors (Lipinski definition) is 0. The monoisotopic (exact) mass is 430 g/mol. The summed E-state index contributed by atoms with van der Waals surface area (Å²) in [7, 11) is -3.67. The first-order valence-corrected chi connectivity index (χ1v) is 11.1. The zero-order valence-corrected chi connectivity index (χ0v) is 17.9. The summed E-state index contributed by atoms with van der Waals surface area (Å²) in [5, 5.41) is 13.0. The van der Waals surface area contributed by atoms with Gasteiger partial charge in [-0.1, -0.05) is 0 Å². The van der Waals surface area contributed by atoms with Crippen molar-refractivity contribution in [3.8, 4) is 5.82 Å². The molecule has 3 aromatic rings. The Morgan fingerprint density at radius 1 is 0.900 bits per heavy atom. The van der Waals surface area contributed by atoms with Crippen LogP contribution in [-0.2, 0) is 10.0 Å². The molecule has 1 aromatic carbocycles. The normalized spacial score (nSPS) is 15.5. The molecule has 3 heterocycles. The Balaban J connectivity index is 1.46. The Morgan fingerprint density at radius 3 is 2.13 bits per heavy atom. The molecule has 0 spiro atoms. The third-order valence-electron chi connectivity index (χ3n) is 5.18. The van der Waals surface area contributed by atoms with E-state index >= 15 is 0 Å². The van der Waals surface area contributed by atoms with Gasteiger partial charge in [-0.3, -0.25) is 0 Å². The average molecular weight is 431 g/mol. The lowest BCUT2D eigenvalue weighted by molar-refractivity contribution is 0.383. The minimum Gasteiger partial charge on any atom is -0.352 e. The van der Waals surface area contributed by atoms with Gasteiger partial charge in [0.1, 0.15) is 5.82 Å². The van der Waals surface area contributed by atoms with E-state index in [-0.39, 0.29) is 4.90 Å². The topological polar surface area (TPSA) is 84.2 Å². The Labute approximate surface area is 175 Å². The summed E-state index contributed by atoms with van der Waals surface area (Å²) < 4.78 is 42.4. The third kappa shape index (κ3) is 3.80. The van der Waals surface area contributed by atoms with E-state index in [0.29, 0.717) is 43.4 Å². The van der Waals surface area contributed by atoms with Gasteiger partial charge in [0.05, 0.1) is 10.6 Å². The van der Waals surface area contributed by atoms with Gasteiger partial charge in [0.15, 0.2) is 11.6 Å². The molecule has 1 fully saturated rings. The molecular weight excluding hydrogens is 407 g/mol. The highest BCUT2D eigenvalue weighted by Gasteiger charge is 2.30. The molecule has 1 aliphatic heterocycles. The van der Waals surface area contributed by atoms with Crippen molar-refractivity contribution in [1.29, 1.82) is 0 Å². The molecule has 1 saturated heterocycles. The predicted octanol–water partition coefficient (Wildman–Crippen LogP) is 2.24. The molecule has 8 nitrogen and oxygen atoms in total. The molecular formula is C20H23FN6O2S. The number of piperazine rings is 1. The van der Waals surface area contributed by atoms with Crippen molar-refractivity contribution in [3.63, 3.8) is 0 Å². The van der Waals surface area contributed by atoms with Crippen molar-refractivity contribution < 1.29 is 12.8 Å². The van der Waals surface area contributed by atoms with Crippen LogP contribution in [0.4, 0.5) is 10.2 Å². The van der Waals surface area contributed by atoms with Crippen molar-refractivity contribution >= 4 is 15.8 Å². The van der Waals surface area contributed by atoms with E-state index in [1.807, 2.05) is 36.9 Å². The number of hydrogen-bond acceptors (Lipinski definition) is 6. The number of aryl methyl sites for hydroxylation is 3. The number of sulfonamides is 1. The summed E-state index contributed by atoms with van der Waals surface area (Å²) in [4.78, 5) is 2.15. The maximum atomic E-state index is 13.3. The zero-order valence-electron chi connectivity index (χ0n) is 17.1.